The van der Waals surface area contributed by atoms with Crippen molar-refractivity contribution < 1.29 is 13.6 Å². The van der Waals surface area contributed by atoms with E-state index in [1.165, 1.54) is 24.6 Å². The van der Waals surface area contributed by atoms with Crippen LogP contribution in [0.3, 0.4) is 0 Å². The minimum Gasteiger partial charge on any atom is -0.338 e. The van der Waals surface area contributed by atoms with Gasteiger partial charge in [-0.1, -0.05) is 12.5 Å². The van der Waals surface area contributed by atoms with Crippen LogP contribution in [-0.2, 0) is 11.3 Å². The van der Waals surface area contributed by atoms with Gasteiger partial charge in [0.05, 0.1) is 6.54 Å². The molecule has 2 N–H and O–H groups in total. The summed E-state index contributed by atoms with van der Waals surface area (Å²) in [4.78, 5) is 14.5. The van der Waals surface area contributed by atoms with Gasteiger partial charge in [0.15, 0.2) is 0 Å². The lowest BCUT2D eigenvalue weighted by Crippen LogP contribution is -2.49. The average Bonchev–Trinajstić information content (AvgIpc) is 2.54. The van der Waals surface area contributed by atoms with Crippen LogP contribution in [0.15, 0.2) is 18.2 Å². The zero-order valence-corrected chi connectivity index (χ0v) is 15.4. The monoisotopic (exact) mass is 372 g/mol. The molecule has 25 heavy (non-hydrogen) atoms. The first-order valence-corrected chi connectivity index (χ1v) is 8.98. The Bertz CT molecular complexity index is 579. The van der Waals surface area contributed by atoms with Gasteiger partial charge >= 0.3 is 0 Å². The molecule has 2 fully saturated rings. The molecule has 3 rings (SSSR count). The number of nitrogens with two attached hydrogens (primary N) is 1. The van der Waals surface area contributed by atoms with E-state index in [0.717, 1.165) is 25.7 Å². The number of nitrogens with zero attached hydrogens (tertiary/aromatic N) is 1. The van der Waals surface area contributed by atoms with E-state index in [9.17, 15) is 13.6 Å². The molecule has 140 valence electrons. The first kappa shape index (κ1) is 20.1. The molecule has 2 aliphatic carbocycles. The van der Waals surface area contributed by atoms with Crippen molar-refractivity contribution in [3.8, 4) is 0 Å². The smallest absolute Gasteiger partial charge is 0.225 e. The second-order valence-corrected chi connectivity index (χ2v) is 7.25. The van der Waals surface area contributed by atoms with Gasteiger partial charge in [-0.2, -0.15) is 0 Å². The second kappa shape index (κ2) is 8.45. The van der Waals surface area contributed by atoms with Gasteiger partial charge in [-0.05, 0) is 56.6 Å². The van der Waals surface area contributed by atoms with Crippen molar-refractivity contribution in [1.29, 1.82) is 0 Å². The molecule has 2 aliphatic rings. The summed E-state index contributed by atoms with van der Waals surface area (Å²) in [6.45, 7) is 2.29. The highest BCUT2D eigenvalue weighted by Crippen LogP contribution is 2.42. The number of rotatable bonds is 4. The minimum atomic E-state index is -0.594. The number of carbonyl (C=O) groups excluding carboxylic acids is 1. The average molecular weight is 373 g/mol. The molecule has 1 amide bonds. The molecule has 1 aromatic rings. The zero-order valence-electron chi connectivity index (χ0n) is 14.6. The van der Waals surface area contributed by atoms with Crippen LogP contribution in [-0.4, -0.2) is 23.4 Å². The highest BCUT2D eigenvalue weighted by atomic mass is 35.5. The summed E-state index contributed by atoms with van der Waals surface area (Å²) in [5, 5.41) is 0. The molecular weight excluding hydrogens is 346 g/mol. The van der Waals surface area contributed by atoms with Crippen molar-refractivity contribution in [1.82, 2.24) is 4.90 Å². The quantitative estimate of drug-likeness (QED) is 0.871. The van der Waals surface area contributed by atoms with E-state index in [1.54, 1.807) is 4.90 Å². The van der Waals surface area contributed by atoms with Gasteiger partial charge in [0, 0.05) is 24.1 Å². The molecule has 0 aromatic heterocycles. The zero-order chi connectivity index (χ0) is 17.3. The van der Waals surface area contributed by atoms with Crippen molar-refractivity contribution >= 4 is 18.3 Å². The van der Waals surface area contributed by atoms with Gasteiger partial charge < -0.3 is 10.6 Å². The molecule has 0 heterocycles. The number of benzene rings is 1. The van der Waals surface area contributed by atoms with E-state index in [0.29, 0.717) is 18.4 Å². The predicted molar refractivity (Wildman–Crippen MR) is 96.2 cm³/mol. The SMILES string of the molecule is CCN(Cc1c(F)cccc1F)C(=O)C1CC2CCCC(C1)C2N.Cl. The molecule has 3 nitrogen and oxygen atoms in total. The fraction of sp³-hybridized carbons (Fsp3) is 0.632. The number of fused-ring (bicyclic) bond motifs is 2. The van der Waals surface area contributed by atoms with Crippen LogP contribution in [0.2, 0.25) is 0 Å². The van der Waals surface area contributed by atoms with E-state index < -0.39 is 11.6 Å². The van der Waals surface area contributed by atoms with Crippen molar-refractivity contribution in [2.45, 2.75) is 51.6 Å². The molecule has 2 unspecified atom stereocenters. The molecular formula is C19H27ClF2N2O. The Hall–Kier alpha value is -1.20. The maximum Gasteiger partial charge on any atom is 0.225 e. The van der Waals surface area contributed by atoms with E-state index >= 15 is 0 Å². The predicted octanol–water partition coefficient (Wildman–Crippen LogP) is 3.89. The third-order valence-electron chi connectivity index (χ3n) is 5.87. The largest absolute Gasteiger partial charge is 0.338 e. The number of halogens is 3. The highest BCUT2D eigenvalue weighted by Gasteiger charge is 2.41. The molecule has 0 saturated heterocycles. The van der Waals surface area contributed by atoms with Gasteiger partial charge in [-0.25, -0.2) is 8.78 Å². The van der Waals surface area contributed by atoms with Crippen molar-refractivity contribution in [3.05, 3.63) is 35.4 Å². The van der Waals surface area contributed by atoms with Gasteiger partial charge in [-0.3, -0.25) is 4.79 Å². The molecule has 0 spiro atoms. The summed E-state index contributed by atoms with van der Waals surface area (Å²) >= 11 is 0. The summed E-state index contributed by atoms with van der Waals surface area (Å²) in [5.41, 5.74) is 6.27. The van der Waals surface area contributed by atoms with Gasteiger partial charge in [-0.15, -0.1) is 12.4 Å². The van der Waals surface area contributed by atoms with Gasteiger partial charge in [0.1, 0.15) is 11.6 Å². The maximum absolute atomic E-state index is 13.9. The lowest BCUT2D eigenvalue weighted by Gasteiger charge is -2.44. The summed E-state index contributed by atoms with van der Waals surface area (Å²) in [5.74, 6) is -0.405. The van der Waals surface area contributed by atoms with Crippen LogP contribution >= 0.6 is 12.4 Å². The standard InChI is InChI=1S/C19H26F2N2O.ClH/c1-2-23(11-15-16(20)7-4-8-17(15)21)19(24)14-9-12-5-3-6-13(10-14)18(12)22;/h4,7-8,12-14,18H,2-3,5-6,9-11,22H2,1H3;1H. The molecule has 0 aliphatic heterocycles. The lowest BCUT2D eigenvalue weighted by atomic mass is 9.65. The van der Waals surface area contributed by atoms with Crippen LogP contribution < -0.4 is 5.73 Å². The number of amides is 1. The fourth-order valence-electron chi connectivity index (χ4n) is 4.47. The number of hydrogen-bond donors (Lipinski definition) is 1. The van der Waals surface area contributed by atoms with Crippen molar-refractivity contribution in [2.24, 2.45) is 23.5 Å². The Morgan fingerprint density at radius 3 is 2.28 bits per heavy atom. The molecule has 2 saturated carbocycles. The van der Waals surface area contributed by atoms with Crippen LogP contribution in [0, 0.1) is 29.4 Å². The first-order chi connectivity index (χ1) is 11.5. The molecule has 6 heteroatoms. The highest BCUT2D eigenvalue weighted by molar-refractivity contribution is 5.85. The van der Waals surface area contributed by atoms with Crippen molar-refractivity contribution in [2.75, 3.05) is 6.54 Å². The topological polar surface area (TPSA) is 46.3 Å². The summed E-state index contributed by atoms with van der Waals surface area (Å²) in [6.07, 6.45) is 5.01. The number of carbonyl (C=O) groups is 1. The van der Waals surface area contributed by atoms with Gasteiger partial charge in [0.2, 0.25) is 5.91 Å². The van der Waals surface area contributed by atoms with Crippen LogP contribution in [0.5, 0.6) is 0 Å². The second-order valence-electron chi connectivity index (χ2n) is 7.25. The Balaban J connectivity index is 0.00000225. The summed E-state index contributed by atoms with van der Waals surface area (Å²) in [6, 6.07) is 4.03. The first-order valence-electron chi connectivity index (χ1n) is 8.98. The Labute approximate surface area is 154 Å². The third-order valence-corrected chi connectivity index (χ3v) is 5.87. The number of hydrogen-bond acceptors (Lipinski definition) is 2. The minimum absolute atomic E-state index is 0. The Morgan fingerprint density at radius 1 is 1.20 bits per heavy atom. The van der Waals surface area contributed by atoms with Crippen LogP contribution in [0.1, 0.15) is 44.6 Å². The van der Waals surface area contributed by atoms with Crippen LogP contribution in [0.4, 0.5) is 8.78 Å². The summed E-state index contributed by atoms with van der Waals surface area (Å²) in [7, 11) is 0. The molecule has 0 radical (unpaired) electrons. The van der Waals surface area contributed by atoms with E-state index in [-0.39, 0.29) is 42.4 Å². The summed E-state index contributed by atoms with van der Waals surface area (Å²) < 4.78 is 27.8. The van der Waals surface area contributed by atoms with E-state index in [1.807, 2.05) is 6.92 Å². The fourth-order valence-corrected chi connectivity index (χ4v) is 4.47. The molecule has 1 aromatic carbocycles. The Kier molecular flexibility index (Phi) is 6.80. The molecule has 2 atom stereocenters. The molecule has 2 bridgehead atoms. The normalized spacial score (nSPS) is 28.2. The Morgan fingerprint density at radius 2 is 1.76 bits per heavy atom. The third kappa shape index (κ3) is 4.14. The lowest BCUT2D eigenvalue weighted by molar-refractivity contribution is -0.139. The van der Waals surface area contributed by atoms with Crippen LogP contribution in [0.25, 0.3) is 0 Å². The van der Waals surface area contributed by atoms with E-state index in [2.05, 4.69) is 0 Å². The van der Waals surface area contributed by atoms with Crippen molar-refractivity contribution in [3.63, 3.8) is 0 Å². The maximum atomic E-state index is 13.9. The van der Waals surface area contributed by atoms with Gasteiger partial charge in [0.25, 0.3) is 0 Å². The van der Waals surface area contributed by atoms with E-state index in [4.69, 9.17) is 5.73 Å².